The summed E-state index contributed by atoms with van der Waals surface area (Å²) in [6.45, 7) is 3.47. The molecule has 5 heteroatoms. The molecule has 0 aromatic carbocycles. The largest absolute Gasteiger partial charge is 0.481 e. The van der Waals surface area contributed by atoms with Crippen molar-refractivity contribution in [2.75, 3.05) is 0 Å². The van der Waals surface area contributed by atoms with E-state index < -0.39 is 17.9 Å². The topological polar surface area (TPSA) is 74.6 Å². The van der Waals surface area contributed by atoms with E-state index >= 15 is 0 Å². The van der Waals surface area contributed by atoms with Crippen LogP contribution in [-0.2, 0) is 9.59 Å². The third-order valence-electron chi connectivity index (χ3n) is 1.25. The number of allylic oxidation sites excluding steroid dienone is 1. The summed E-state index contributed by atoms with van der Waals surface area (Å²) in [7, 11) is 0. The zero-order valence-corrected chi connectivity index (χ0v) is 10.1. The Kier molecular flexibility index (Phi) is 8.30. The fraction of sp³-hybridized carbons (Fsp3) is 0.500. The van der Waals surface area contributed by atoms with Crippen LogP contribution < -0.4 is 0 Å². The molecule has 0 aliphatic heterocycles. The third-order valence-corrected chi connectivity index (χ3v) is 1.25. The smallest absolute Gasteiger partial charge is 0.310 e. The van der Waals surface area contributed by atoms with Gasteiger partial charge in [0.05, 0.1) is 12.3 Å². The molecule has 0 aliphatic rings. The minimum atomic E-state index is -1.10. The van der Waals surface area contributed by atoms with Crippen LogP contribution in [0.3, 0.4) is 0 Å². The molecule has 1 atom stereocenters. The molecule has 69 valence electrons. The average Bonchev–Trinajstić information content (AvgIpc) is 1.83. The van der Waals surface area contributed by atoms with Gasteiger partial charge in [-0.05, 0) is 13.8 Å². The van der Waals surface area contributed by atoms with E-state index in [0.717, 1.165) is 5.57 Å². The Morgan fingerprint density at radius 2 is 1.77 bits per heavy atom. The summed E-state index contributed by atoms with van der Waals surface area (Å²) in [5.74, 6) is -3.11. The molecule has 0 heterocycles. The van der Waals surface area contributed by atoms with Gasteiger partial charge in [-0.15, -0.1) is 0 Å². The Bertz CT molecular complexity index is 218. The van der Waals surface area contributed by atoms with Crippen LogP contribution in [0.4, 0.5) is 0 Å². The maximum Gasteiger partial charge on any atom is 0.310 e. The zero-order chi connectivity index (χ0) is 9.72. The molecule has 0 aromatic heterocycles. The Morgan fingerprint density at radius 3 is 2.00 bits per heavy atom. The van der Waals surface area contributed by atoms with Crippen molar-refractivity contribution in [1.82, 2.24) is 0 Å². The van der Waals surface area contributed by atoms with E-state index in [0.29, 0.717) is 0 Å². The van der Waals surface area contributed by atoms with E-state index in [1.807, 2.05) is 0 Å². The fourth-order valence-corrected chi connectivity index (χ4v) is 0.808. The average molecular weight is 195 g/mol. The quantitative estimate of drug-likeness (QED) is 0.512. The maximum absolute atomic E-state index is 10.5. The predicted octanol–water partition coefficient (Wildman–Crippen LogP) is 0.747. The molecule has 13 heavy (non-hydrogen) atoms. The summed E-state index contributed by atoms with van der Waals surface area (Å²) < 4.78 is 0. The minimum Gasteiger partial charge on any atom is -0.481 e. The van der Waals surface area contributed by atoms with E-state index in [2.05, 4.69) is 0 Å². The first-order valence-corrected chi connectivity index (χ1v) is 3.53. The molecule has 0 spiro atoms. The SMILES string of the molecule is CC(C)=CC(CC(=O)O)C(=O)O.[Na]. The van der Waals surface area contributed by atoms with Crippen LogP contribution in [0, 0.1) is 5.92 Å². The summed E-state index contributed by atoms with van der Waals surface area (Å²) in [5.41, 5.74) is 0.809. The molecule has 0 fully saturated rings. The number of hydrogen-bond acceptors (Lipinski definition) is 2. The van der Waals surface area contributed by atoms with Crippen LogP contribution in [-0.4, -0.2) is 51.7 Å². The summed E-state index contributed by atoms with van der Waals surface area (Å²) in [6.07, 6.45) is 1.08. The summed E-state index contributed by atoms with van der Waals surface area (Å²) in [4.78, 5) is 20.7. The Morgan fingerprint density at radius 1 is 1.31 bits per heavy atom. The van der Waals surface area contributed by atoms with Gasteiger partial charge in [-0.25, -0.2) is 0 Å². The second-order valence-corrected chi connectivity index (χ2v) is 2.79. The number of rotatable bonds is 4. The molecule has 1 radical (unpaired) electrons. The summed E-state index contributed by atoms with van der Waals surface area (Å²) >= 11 is 0. The maximum atomic E-state index is 10.5. The fourth-order valence-electron chi connectivity index (χ4n) is 0.808. The van der Waals surface area contributed by atoms with Crippen molar-refractivity contribution in [3.63, 3.8) is 0 Å². The van der Waals surface area contributed by atoms with E-state index in [1.165, 1.54) is 6.08 Å². The first-order chi connectivity index (χ1) is 5.43. The molecule has 0 aliphatic carbocycles. The molecule has 0 saturated heterocycles. The molecule has 1 unspecified atom stereocenters. The Hall–Kier alpha value is -0.320. The normalized spacial score (nSPS) is 10.9. The molecule has 4 nitrogen and oxygen atoms in total. The first-order valence-electron chi connectivity index (χ1n) is 3.53. The van der Waals surface area contributed by atoms with Crippen molar-refractivity contribution in [2.45, 2.75) is 20.3 Å². The van der Waals surface area contributed by atoms with Gasteiger partial charge in [0, 0.05) is 29.6 Å². The van der Waals surface area contributed by atoms with Gasteiger partial charge in [-0.3, -0.25) is 9.59 Å². The predicted molar refractivity (Wildman–Crippen MR) is 48.6 cm³/mol. The number of aliphatic carboxylic acids is 2. The zero-order valence-electron chi connectivity index (χ0n) is 8.07. The van der Waals surface area contributed by atoms with Gasteiger partial charge in [0.2, 0.25) is 0 Å². The number of carboxylic acid groups (broad SMARTS) is 2. The molecule has 0 aromatic rings. The second kappa shape index (κ2) is 7.12. The molecule has 0 rings (SSSR count). The third kappa shape index (κ3) is 8.02. The van der Waals surface area contributed by atoms with E-state index in [-0.39, 0.29) is 36.0 Å². The first kappa shape index (κ1) is 15.2. The second-order valence-electron chi connectivity index (χ2n) is 2.79. The molecular formula is C8H12NaO4. The van der Waals surface area contributed by atoms with Gasteiger partial charge in [0.25, 0.3) is 0 Å². The van der Waals surface area contributed by atoms with Gasteiger partial charge in [0.15, 0.2) is 0 Å². The van der Waals surface area contributed by atoms with Crippen molar-refractivity contribution in [1.29, 1.82) is 0 Å². The summed E-state index contributed by atoms with van der Waals surface area (Å²) in [6, 6.07) is 0. The van der Waals surface area contributed by atoms with Gasteiger partial charge in [0.1, 0.15) is 0 Å². The monoisotopic (exact) mass is 195 g/mol. The molecule has 0 saturated carbocycles. The van der Waals surface area contributed by atoms with Crippen LogP contribution in [0.2, 0.25) is 0 Å². The number of carboxylic acids is 2. The van der Waals surface area contributed by atoms with Crippen molar-refractivity contribution in [3.05, 3.63) is 11.6 Å². The van der Waals surface area contributed by atoms with Crippen LogP contribution in [0.5, 0.6) is 0 Å². The van der Waals surface area contributed by atoms with Gasteiger partial charge in [-0.2, -0.15) is 0 Å². The number of carbonyl (C=O) groups is 2. The van der Waals surface area contributed by atoms with E-state index in [4.69, 9.17) is 10.2 Å². The minimum absolute atomic E-state index is 0. The number of hydrogen-bond donors (Lipinski definition) is 2. The molecule has 0 bridgehead atoms. The van der Waals surface area contributed by atoms with Gasteiger partial charge < -0.3 is 10.2 Å². The van der Waals surface area contributed by atoms with Gasteiger partial charge in [-0.1, -0.05) is 11.6 Å². The molecule has 2 N–H and O–H groups in total. The van der Waals surface area contributed by atoms with Crippen LogP contribution >= 0.6 is 0 Å². The molecule has 0 amide bonds. The van der Waals surface area contributed by atoms with Crippen LogP contribution in [0.25, 0.3) is 0 Å². The van der Waals surface area contributed by atoms with Crippen molar-refractivity contribution >= 4 is 41.5 Å². The van der Waals surface area contributed by atoms with Crippen molar-refractivity contribution in [3.8, 4) is 0 Å². The standard InChI is InChI=1S/C8H12O4.Na/c1-5(2)3-6(8(11)12)4-7(9)10;/h3,6H,4H2,1-2H3,(H,9,10)(H,11,12);. The van der Waals surface area contributed by atoms with Crippen molar-refractivity contribution in [2.24, 2.45) is 5.92 Å². The van der Waals surface area contributed by atoms with Crippen LogP contribution in [0.15, 0.2) is 11.6 Å². The summed E-state index contributed by atoms with van der Waals surface area (Å²) in [5, 5.41) is 16.9. The van der Waals surface area contributed by atoms with Crippen molar-refractivity contribution < 1.29 is 19.8 Å². The van der Waals surface area contributed by atoms with Crippen LogP contribution in [0.1, 0.15) is 20.3 Å². The Balaban J connectivity index is 0. The van der Waals surface area contributed by atoms with Gasteiger partial charge >= 0.3 is 11.9 Å². The van der Waals surface area contributed by atoms with E-state index in [1.54, 1.807) is 13.8 Å². The Labute approximate surface area is 98.9 Å². The van der Waals surface area contributed by atoms with E-state index in [9.17, 15) is 9.59 Å². The molecular weight excluding hydrogens is 183 g/mol.